The van der Waals surface area contributed by atoms with Crippen LogP contribution in [0.5, 0.6) is 0 Å². The number of amides is 1. The number of carbonyl (C=O) groups is 1. The first-order valence-electron chi connectivity index (χ1n) is 7.35. The van der Waals surface area contributed by atoms with Crippen molar-refractivity contribution in [1.29, 1.82) is 0 Å². The summed E-state index contributed by atoms with van der Waals surface area (Å²) in [4.78, 5) is 14.4. The summed E-state index contributed by atoms with van der Waals surface area (Å²) in [6.45, 7) is 1.68. The second kappa shape index (κ2) is 6.31. The van der Waals surface area contributed by atoms with Crippen molar-refractivity contribution in [2.24, 2.45) is 0 Å². The highest BCUT2D eigenvalue weighted by molar-refractivity contribution is 6.30. The van der Waals surface area contributed by atoms with Crippen molar-refractivity contribution >= 4 is 17.5 Å². The molecule has 1 aliphatic rings. The molecule has 1 fully saturated rings. The van der Waals surface area contributed by atoms with Crippen LogP contribution < -0.4 is 0 Å². The summed E-state index contributed by atoms with van der Waals surface area (Å²) in [7, 11) is 0. The molecule has 1 aromatic heterocycles. The average molecular weight is 304 g/mol. The minimum Gasteiger partial charge on any atom is -0.337 e. The van der Waals surface area contributed by atoms with Crippen molar-refractivity contribution in [1.82, 2.24) is 15.1 Å². The van der Waals surface area contributed by atoms with Crippen LogP contribution in [0.25, 0.3) is 11.3 Å². The van der Waals surface area contributed by atoms with Gasteiger partial charge in [-0.2, -0.15) is 5.10 Å². The number of hydrogen-bond donors (Lipinski definition) is 1. The van der Waals surface area contributed by atoms with Gasteiger partial charge >= 0.3 is 0 Å². The van der Waals surface area contributed by atoms with Gasteiger partial charge in [0, 0.05) is 23.7 Å². The summed E-state index contributed by atoms with van der Waals surface area (Å²) in [5.41, 5.74) is 2.28. The highest BCUT2D eigenvalue weighted by Crippen LogP contribution is 2.21. The number of aromatic nitrogens is 2. The first-order valence-corrected chi connectivity index (χ1v) is 7.72. The van der Waals surface area contributed by atoms with Crippen LogP contribution in [0.2, 0.25) is 5.02 Å². The van der Waals surface area contributed by atoms with Gasteiger partial charge in [0.05, 0.1) is 5.69 Å². The van der Waals surface area contributed by atoms with E-state index >= 15 is 0 Å². The maximum absolute atomic E-state index is 12.5. The van der Waals surface area contributed by atoms with Crippen molar-refractivity contribution < 1.29 is 4.79 Å². The fraction of sp³-hybridized carbons (Fsp3) is 0.375. The predicted molar refractivity (Wildman–Crippen MR) is 83.4 cm³/mol. The molecule has 3 rings (SSSR count). The van der Waals surface area contributed by atoms with Crippen LogP contribution in [-0.4, -0.2) is 34.1 Å². The van der Waals surface area contributed by atoms with Crippen molar-refractivity contribution in [3.63, 3.8) is 0 Å². The average Bonchev–Trinajstić information content (AvgIpc) is 2.83. The Morgan fingerprint density at radius 3 is 2.43 bits per heavy atom. The highest BCUT2D eigenvalue weighted by Gasteiger charge is 2.19. The number of nitrogens with one attached hydrogen (secondary N) is 1. The van der Waals surface area contributed by atoms with Gasteiger partial charge in [-0.3, -0.25) is 9.89 Å². The van der Waals surface area contributed by atoms with Gasteiger partial charge < -0.3 is 4.90 Å². The number of hydrogen-bond acceptors (Lipinski definition) is 2. The van der Waals surface area contributed by atoms with Gasteiger partial charge in [0.1, 0.15) is 5.69 Å². The molecule has 0 atom stereocenters. The molecule has 110 valence electrons. The lowest BCUT2D eigenvalue weighted by molar-refractivity contribution is 0.0755. The molecule has 0 radical (unpaired) electrons. The lowest BCUT2D eigenvalue weighted by atomic mass is 10.1. The molecule has 2 aromatic rings. The van der Waals surface area contributed by atoms with Crippen LogP contribution in [0.4, 0.5) is 0 Å². The number of nitrogens with zero attached hydrogens (tertiary/aromatic N) is 2. The van der Waals surface area contributed by atoms with E-state index < -0.39 is 0 Å². The van der Waals surface area contributed by atoms with E-state index in [2.05, 4.69) is 10.2 Å². The third-order valence-electron chi connectivity index (χ3n) is 3.84. The SMILES string of the molecule is O=C(c1cc(-c2ccc(Cl)cc2)n[nH]1)N1CCCCCC1. The smallest absolute Gasteiger partial charge is 0.271 e. The number of H-pyrrole nitrogens is 1. The Kier molecular flexibility index (Phi) is 4.25. The van der Waals surface area contributed by atoms with Crippen LogP contribution in [0.1, 0.15) is 36.2 Å². The number of carbonyl (C=O) groups excluding carboxylic acids is 1. The third kappa shape index (κ3) is 3.27. The van der Waals surface area contributed by atoms with Crippen molar-refractivity contribution in [2.45, 2.75) is 25.7 Å². The number of rotatable bonds is 2. The Hall–Kier alpha value is -1.81. The molecule has 0 unspecified atom stereocenters. The lowest BCUT2D eigenvalue weighted by Gasteiger charge is -2.18. The molecule has 1 amide bonds. The van der Waals surface area contributed by atoms with E-state index in [9.17, 15) is 4.79 Å². The number of aromatic amines is 1. The van der Waals surface area contributed by atoms with Gasteiger partial charge in [0.2, 0.25) is 0 Å². The topological polar surface area (TPSA) is 49.0 Å². The summed E-state index contributed by atoms with van der Waals surface area (Å²) < 4.78 is 0. The molecule has 2 heterocycles. The van der Waals surface area contributed by atoms with Crippen molar-refractivity contribution in [3.8, 4) is 11.3 Å². The first-order chi connectivity index (χ1) is 10.2. The monoisotopic (exact) mass is 303 g/mol. The first kappa shape index (κ1) is 14.1. The standard InChI is InChI=1S/C16H18ClN3O/c17-13-7-5-12(6-8-13)14-11-15(19-18-14)16(21)20-9-3-1-2-4-10-20/h5-8,11H,1-4,9-10H2,(H,18,19). The quantitative estimate of drug-likeness (QED) is 0.918. The molecule has 1 saturated heterocycles. The molecule has 0 aliphatic carbocycles. The van der Waals surface area contributed by atoms with E-state index in [1.807, 2.05) is 35.2 Å². The molecule has 1 aliphatic heterocycles. The molecule has 1 N–H and O–H groups in total. The van der Waals surface area contributed by atoms with Crippen LogP contribution >= 0.6 is 11.6 Å². The Balaban J connectivity index is 1.77. The maximum Gasteiger partial charge on any atom is 0.271 e. The van der Waals surface area contributed by atoms with Crippen molar-refractivity contribution in [2.75, 3.05) is 13.1 Å². The van der Waals surface area contributed by atoms with Crippen LogP contribution in [0.3, 0.4) is 0 Å². The fourth-order valence-corrected chi connectivity index (χ4v) is 2.77. The van der Waals surface area contributed by atoms with Crippen LogP contribution in [0.15, 0.2) is 30.3 Å². The second-order valence-corrected chi connectivity index (χ2v) is 5.82. The zero-order valence-corrected chi connectivity index (χ0v) is 12.6. The lowest BCUT2D eigenvalue weighted by Crippen LogP contribution is -2.32. The molecule has 21 heavy (non-hydrogen) atoms. The fourth-order valence-electron chi connectivity index (χ4n) is 2.64. The van der Waals surface area contributed by atoms with E-state index in [0.717, 1.165) is 37.2 Å². The van der Waals surface area contributed by atoms with Gasteiger partial charge in [0.25, 0.3) is 5.91 Å². The highest BCUT2D eigenvalue weighted by atomic mass is 35.5. The van der Waals surface area contributed by atoms with Gasteiger partial charge in [0.15, 0.2) is 0 Å². The van der Waals surface area contributed by atoms with Crippen LogP contribution in [-0.2, 0) is 0 Å². The van der Waals surface area contributed by atoms with Gasteiger partial charge in [-0.15, -0.1) is 0 Å². The zero-order valence-electron chi connectivity index (χ0n) is 11.8. The Morgan fingerprint density at radius 1 is 1.10 bits per heavy atom. The second-order valence-electron chi connectivity index (χ2n) is 5.38. The Labute approximate surface area is 129 Å². The molecule has 4 nitrogen and oxygen atoms in total. The summed E-state index contributed by atoms with van der Waals surface area (Å²) in [6, 6.07) is 9.26. The third-order valence-corrected chi connectivity index (χ3v) is 4.09. The van der Waals surface area contributed by atoms with E-state index in [1.165, 1.54) is 12.8 Å². The summed E-state index contributed by atoms with van der Waals surface area (Å²) in [5.74, 6) is 0.0459. The van der Waals surface area contributed by atoms with E-state index in [4.69, 9.17) is 11.6 Å². The Morgan fingerprint density at radius 2 is 1.76 bits per heavy atom. The minimum absolute atomic E-state index is 0.0459. The Bertz CT molecular complexity index is 613. The molecule has 5 heteroatoms. The normalized spacial score (nSPS) is 15.8. The molecular weight excluding hydrogens is 286 g/mol. The minimum atomic E-state index is 0.0459. The van der Waals surface area contributed by atoms with E-state index in [0.29, 0.717) is 10.7 Å². The number of halogens is 1. The van der Waals surface area contributed by atoms with Crippen LogP contribution in [0, 0.1) is 0 Å². The molecular formula is C16H18ClN3O. The molecule has 0 bridgehead atoms. The predicted octanol–water partition coefficient (Wildman–Crippen LogP) is 3.75. The van der Waals surface area contributed by atoms with Gasteiger partial charge in [-0.05, 0) is 31.0 Å². The molecule has 0 saturated carbocycles. The van der Waals surface area contributed by atoms with E-state index in [1.54, 1.807) is 0 Å². The largest absolute Gasteiger partial charge is 0.337 e. The summed E-state index contributed by atoms with van der Waals surface area (Å²) in [6.07, 6.45) is 4.60. The zero-order chi connectivity index (χ0) is 14.7. The van der Waals surface area contributed by atoms with E-state index in [-0.39, 0.29) is 5.91 Å². The van der Waals surface area contributed by atoms with Gasteiger partial charge in [-0.25, -0.2) is 0 Å². The van der Waals surface area contributed by atoms with Gasteiger partial charge in [-0.1, -0.05) is 36.6 Å². The maximum atomic E-state index is 12.5. The summed E-state index contributed by atoms with van der Waals surface area (Å²) in [5, 5.41) is 7.79. The molecule has 1 aromatic carbocycles. The van der Waals surface area contributed by atoms with Crippen molar-refractivity contribution in [3.05, 3.63) is 41.0 Å². The number of benzene rings is 1. The molecule has 0 spiro atoms. The summed E-state index contributed by atoms with van der Waals surface area (Å²) >= 11 is 5.88. The number of likely N-dealkylation sites (tertiary alicyclic amines) is 1.